The fraction of sp³-hybridized carbons (Fsp3) is 0.167. The largest absolute Gasteiger partial charge is 0.518 e. The first-order valence-corrected chi connectivity index (χ1v) is 4.72. The lowest BCUT2D eigenvalue weighted by molar-refractivity contribution is 0.0457. The van der Waals surface area contributed by atoms with E-state index in [4.69, 9.17) is 0 Å². The zero-order valence-electron chi connectivity index (χ0n) is 10.0. The van der Waals surface area contributed by atoms with Crippen LogP contribution in [0, 0.1) is 0 Å². The molecule has 18 heavy (non-hydrogen) atoms. The molecule has 0 aliphatic carbocycles. The number of carbonyl (C=O) groups excluding carboxylic acids is 2. The molecule has 0 amide bonds. The van der Waals surface area contributed by atoms with Crippen molar-refractivity contribution < 1.29 is 28.5 Å². The monoisotopic (exact) mass is 256 g/mol. The fourth-order valence-corrected chi connectivity index (χ4v) is 0.449. The maximum absolute atomic E-state index is 10.6. The summed E-state index contributed by atoms with van der Waals surface area (Å²) in [6.45, 7) is 13.1. The third-order valence-corrected chi connectivity index (χ3v) is 0.997. The van der Waals surface area contributed by atoms with Gasteiger partial charge in [-0.15, -0.1) is 0 Å². The van der Waals surface area contributed by atoms with Crippen molar-refractivity contribution >= 4 is 12.3 Å². The Labute approximate surface area is 106 Å². The van der Waals surface area contributed by atoms with Crippen molar-refractivity contribution in [2.75, 3.05) is 13.2 Å². The molecular formula is C12H16O6. The number of carbonyl (C=O) groups is 2. The molecule has 0 N–H and O–H groups in total. The van der Waals surface area contributed by atoms with Crippen molar-refractivity contribution in [1.29, 1.82) is 0 Å². The van der Waals surface area contributed by atoms with Gasteiger partial charge < -0.3 is 18.9 Å². The number of hydrogen-bond acceptors (Lipinski definition) is 6. The standard InChI is InChI=1S/C8H10O5.C4H6O/c1-3-5-11-7(9)13-8(10)12-6-4-2;1-3-5-4-2/h3-4H,1-2,5-6H2;3-4H,1-2H2. The van der Waals surface area contributed by atoms with Crippen molar-refractivity contribution in [3.63, 3.8) is 0 Å². The van der Waals surface area contributed by atoms with E-state index in [0.717, 1.165) is 0 Å². The third-order valence-electron chi connectivity index (χ3n) is 0.997. The second-order valence-electron chi connectivity index (χ2n) is 2.27. The zero-order chi connectivity index (χ0) is 14.2. The molecule has 0 atom stereocenters. The summed E-state index contributed by atoms with van der Waals surface area (Å²) in [5.74, 6) is 0. The normalized spacial score (nSPS) is 7.56. The highest BCUT2D eigenvalue weighted by molar-refractivity contribution is 5.76. The summed E-state index contributed by atoms with van der Waals surface area (Å²) in [6.07, 6.45) is 3.08. The van der Waals surface area contributed by atoms with Crippen LogP contribution in [0.2, 0.25) is 0 Å². The lowest BCUT2D eigenvalue weighted by Gasteiger charge is -2.01. The van der Waals surface area contributed by atoms with Crippen molar-refractivity contribution in [2.45, 2.75) is 0 Å². The van der Waals surface area contributed by atoms with E-state index < -0.39 is 12.3 Å². The molecule has 0 aliphatic rings. The lowest BCUT2D eigenvalue weighted by atomic mass is 10.7. The molecule has 0 unspecified atom stereocenters. The Bertz CT molecular complexity index is 267. The Hall–Kier alpha value is -2.50. The molecule has 0 fully saturated rings. The van der Waals surface area contributed by atoms with Crippen LogP contribution >= 0.6 is 0 Å². The average Bonchev–Trinajstić information content (AvgIpc) is 2.35. The minimum absolute atomic E-state index is 0.0203. The highest BCUT2D eigenvalue weighted by Gasteiger charge is 2.11. The van der Waals surface area contributed by atoms with Gasteiger partial charge >= 0.3 is 12.3 Å². The van der Waals surface area contributed by atoms with E-state index in [1.54, 1.807) is 0 Å². The number of ether oxygens (including phenoxy) is 4. The van der Waals surface area contributed by atoms with Crippen LogP contribution < -0.4 is 0 Å². The second-order valence-corrected chi connectivity index (χ2v) is 2.27. The van der Waals surface area contributed by atoms with Gasteiger partial charge in [0.05, 0.1) is 12.5 Å². The molecule has 0 rings (SSSR count). The highest BCUT2D eigenvalue weighted by Crippen LogP contribution is 1.90. The van der Waals surface area contributed by atoms with Gasteiger partial charge in [-0.1, -0.05) is 38.5 Å². The molecule has 100 valence electrons. The molecule has 0 saturated carbocycles. The Morgan fingerprint density at radius 2 is 1.22 bits per heavy atom. The summed E-state index contributed by atoms with van der Waals surface area (Å²) in [5, 5.41) is 0. The van der Waals surface area contributed by atoms with Crippen molar-refractivity contribution in [3.05, 3.63) is 51.0 Å². The van der Waals surface area contributed by atoms with Gasteiger partial charge in [-0.3, -0.25) is 0 Å². The number of rotatable bonds is 6. The molecule has 6 nitrogen and oxygen atoms in total. The summed E-state index contributed by atoms with van der Waals surface area (Å²) < 4.78 is 17.1. The Balaban J connectivity index is 0. The Morgan fingerprint density at radius 3 is 1.44 bits per heavy atom. The van der Waals surface area contributed by atoms with E-state index in [1.807, 2.05) is 0 Å². The van der Waals surface area contributed by atoms with Crippen LogP contribution in [-0.2, 0) is 18.9 Å². The van der Waals surface area contributed by atoms with Gasteiger partial charge in [-0.2, -0.15) is 0 Å². The molecule has 0 bridgehead atoms. The van der Waals surface area contributed by atoms with Crippen molar-refractivity contribution in [3.8, 4) is 0 Å². The van der Waals surface area contributed by atoms with Crippen LogP contribution in [0.25, 0.3) is 0 Å². The van der Waals surface area contributed by atoms with Gasteiger partial charge in [0.25, 0.3) is 0 Å². The van der Waals surface area contributed by atoms with Gasteiger partial charge in [0, 0.05) is 0 Å². The van der Waals surface area contributed by atoms with Gasteiger partial charge in [0.15, 0.2) is 0 Å². The van der Waals surface area contributed by atoms with Gasteiger partial charge in [-0.25, -0.2) is 9.59 Å². The summed E-state index contributed by atoms with van der Waals surface area (Å²) in [5.41, 5.74) is 0. The lowest BCUT2D eigenvalue weighted by Crippen LogP contribution is -2.15. The minimum atomic E-state index is -1.12. The first kappa shape index (κ1) is 17.9. The molecule has 0 aromatic rings. The van der Waals surface area contributed by atoms with Crippen LogP contribution in [0.5, 0.6) is 0 Å². The molecule has 0 aromatic carbocycles. The summed E-state index contributed by atoms with van der Waals surface area (Å²) in [6, 6.07) is 0. The summed E-state index contributed by atoms with van der Waals surface area (Å²) >= 11 is 0. The molecule has 0 aliphatic heterocycles. The average molecular weight is 256 g/mol. The molecular weight excluding hydrogens is 240 g/mol. The molecule has 0 aromatic heterocycles. The molecule has 6 heteroatoms. The van der Waals surface area contributed by atoms with Gasteiger partial charge in [-0.05, 0) is 0 Å². The van der Waals surface area contributed by atoms with Crippen LogP contribution in [0.1, 0.15) is 0 Å². The van der Waals surface area contributed by atoms with E-state index in [2.05, 4.69) is 45.3 Å². The molecule has 0 saturated heterocycles. The fourth-order valence-electron chi connectivity index (χ4n) is 0.449. The van der Waals surface area contributed by atoms with Crippen LogP contribution in [0.3, 0.4) is 0 Å². The molecule has 0 spiro atoms. The highest BCUT2D eigenvalue weighted by atomic mass is 16.8. The first-order valence-electron chi connectivity index (χ1n) is 4.72. The van der Waals surface area contributed by atoms with Gasteiger partial charge in [0.2, 0.25) is 0 Å². The molecule has 0 heterocycles. The van der Waals surface area contributed by atoms with E-state index >= 15 is 0 Å². The smallest absolute Gasteiger partial charge is 0.474 e. The predicted octanol–water partition coefficient (Wildman–Crippen LogP) is 2.94. The maximum atomic E-state index is 10.6. The van der Waals surface area contributed by atoms with Gasteiger partial charge in [0.1, 0.15) is 13.2 Å². The quantitative estimate of drug-likeness (QED) is 0.315. The van der Waals surface area contributed by atoms with E-state index in [9.17, 15) is 9.59 Å². The zero-order valence-corrected chi connectivity index (χ0v) is 10.0. The third kappa shape index (κ3) is 15.9. The summed E-state index contributed by atoms with van der Waals surface area (Å²) in [4.78, 5) is 21.1. The first-order chi connectivity index (χ1) is 8.62. The van der Waals surface area contributed by atoms with Crippen molar-refractivity contribution in [2.24, 2.45) is 0 Å². The van der Waals surface area contributed by atoms with Crippen LogP contribution in [0.4, 0.5) is 9.59 Å². The minimum Gasteiger partial charge on any atom is -0.474 e. The summed E-state index contributed by atoms with van der Waals surface area (Å²) in [7, 11) is 0. The topological polar surface area (TPSA) is 71.1 Å². The second kappa shape index (κ2) is 14.5. The van der Waals surface area contributed by atoms with E-state index in [-0.39, 0.29) is 13.2 Å². The number of hydrogen-bond donors (Lipinski definition) is 0. The maximum Gasteiger partial charge on any atom is 0.518 e. The van der Waals surface area contributed by atoms with Crippen LogP contribution in [-0.4, -0.2) is 25.5 Å². The SMILES string of the molecule is C=CCOC(=O)OC(=O)OCC=C.C=COC=C. The van der Waals surface area contributed by atoms with Crippen molar-refractivity contribution in [1.82, 2.24) is 0 Å². The Kier molecular flexibility index (Phi) is 14.4. The van der Waals surface area contributed by atoms with Crippen LogP contribution in [0.15, 0.2) is 51.0 Å². The molecule has 0 radical (unpaired) electrons. The van der Waals surface area contributed by atoms with E-state index in [1.165, 1.54) is 24.7 Å². The van der Waals surface area contributed by atoms with E-state index in [0.29, 0.717) is 0 Å². The predicted molar refractivity (Wildman–Crippen MR) is 65.7 cm³/mol. The Morgan fingerprint density at radius 1 is 0.833 bits per heavy atom.